The number of hydrogen-bond donors (Lipinski definition) is 0. The van der Waals surface area contributed by atoms with Gasteiger partial charge in [-0.15, -0.1) is 0 Å². The zero-order valence-electron chi connectivity index (χ0n) is 1.76. The first-order valence-electron chi connectivity index (χ1n) is 0.183. The van der Waals surface area contributed by atoms with Gasteiger partial charge in [-0.1, -0.05) is 0 Å². The third-order valence-electron chi connectivity index (χ3n) is 0. The number of hydrogen-bond acceptors (Lipinski definition) is 1. The topological polar surface area (TPSA) is 45.6 Å². The molecule has 4 heavy (non-hydrogen) atoms. The van der Waals surface area contributed by atoms with Crippen LogP contribution in [0.5, 0.6) is 0 Å². The van der Waals surface area contributed by atoms with Gasteiger partial charge in [0, 0.05) is 0 Å². The Balaban J connectivity index is -0.00000000500. The van der Waals surface area contributed by atoms with Crippen LogP contribution < -0.4 is 0 Å². The average Bonchev–Trinajstić information content (AvgIpc) is 1.00. The van der Waals surface area contributed by atoms with Crippen molar-refractivity contribution in [3.05, 3.63) is 0 Å². The van der Waals surface area contributed by atoms with Crippen molar-refractivity contribution in [3.63, 3.8) is 0 Å². The van der Waals surface area contributed by atoms with Crippen LogP contribution in [0.4, 0.5) is 0 Å². The molecule has 0 saturated heterocycles. The van der Waals surface area contributed by atoms with E-state index in [0.29, 0.717) is 23.0 Å². The van der Waals surface area contributed by atoms with Crippen LogP contribution >= 0.6 is 0 Å². The summed E-state index contributed by atoms with van der Waals surface area (Å²) in [5.74, 6) is 0. The third-order valence-corrected chi connectivity index (χ3v) is 0. The van der Waals surface area contributed by atoms with E-state index in [4.69, 9.17) is 3.02 Å². The fraction of sp³-hybridized carbons (Fsp3) is 0. The smallest absolute Gasteiger partial charge is 4.00 e. The molecule has 0 N–H and O–H groups in total. The molecule has 4 heteroatoms. The van der Waals surface area contributed by atoms with Crippen LogP contribution in [0.3, 0.4) is 0 Å². The standard InChI is InChI=1S/2O.Sb.Ti/q;-2;+1;+4. The normalized spacial score (nSPS) is 1.00. The van der Waals surface area contributed by atoms with Gasteiger partial charge < -0.3 is 5.48 Å². The quantitative estimate of drug-likeness (QED) is 0.482. The first-order valence-corrected chi connectivity index (χ1v) is 1.22. The largest absolute Gasteiger partial charge is 4.00 e. The Morgan fingerprint density at radius 1 is 1.25 bits per heavy atom. The van der Waals surface area contributed by atoms with Crippen LogP contribution in [0.25, 0.3) is 0 Å². The van der Waals surface area contributed by atoms with Crippen LogP contribution in [0, 0.1) is 0 Å². The van der Waals surface area contributed by atoms with Gasteiger partial charge in [0.25, 0.3) is 0 Å². The van der Waals surface area contributed by atoms with Crippen LogP contribution in [-0.2, 0) is 30.2 Å². The Kier molecular flexibility index (Phi) is 129. The molecule has 0 heterocycles. The van der Waals surface area contributed by atoms with Gasteiger partial charge in [0.2, 0.25) is 0 Å². The predicted molar refractivity (Wildman–Crippen MR) is 7.13 cm³/mol. The van der Waals surface area contributed by atoms with E-state index >= 15 is 0 Å². The van der Waals surface area contributed by atoms with Crippen molar-refractivity contribution in [2.75, 3.05) is 0 Å². The summed E-state index contributed by atoms with van der Waals surface area (Å²) in [5.41, 5.74) is 0. The summed E-state index contributed by atoms with van der Waals surface area (Å²) < 4.78 is 8.30. The molecular formula is O2SbTi+3. The molecule has 0 aliphatic carbocycles. The van der Waals surface area contributed by atoms with E-state index in [1.54, 1.807) is 0 Å². The van der Waals surface area contributed by atoms with Crippen molar-refractivity contribution < 1.29 is 30.2 Å². The predicted octanol–water partition coefficient (Wildman–Crippen LogP) is -0.621. The second kappa shape index (κ2) is 27.9. The Hall–Kier alpha value is 1.29. The van der Waals surface area contributed by atoms with E-state index in [2.05, 4.69) is 0 Å². The second-order valence-corrected chi connectivity index (χ2v) is 0. The van der Waals surface area contributed by atoms with E-state index in [9.17, 15) is 0 Å². The molecule has 0 bridgehead atoms. The Labute approximate surface area is 53.0 Å². The fourth-order valence-electron chi connectivity index (χ4n) is 0. The summed E-state index contributed by atoms with van der Waals surface area (Å²) in [6.07, 6.45) is 0. The molecule has 0 aromatic heterocycles. The van der Waals surface area contributed by atoms with Crippen LogP contribution in [0.2, 0.25) is 0 Å². The Morgan fingerprint density at radius 2 is 1.25 bits per heavy atom. The van der Waals surface area contributed by atoms with Gasteiger partial charge >= 0.3 is 47.7 Å². The zero-order valence-corrected chi connectivity index (χ0v) is 5.88. The average molecular weight is 202 g/mol. The molecule has 0 fully saturated rings. The SMILES string of the molecule is [O-2].[O]=[Sb+].[Ti+4]. The van der Waals surface area contributed by atoms with E-state index in [1.807, 2.05) is 0 Å². The minimum atomic E-state index is 0. The van der Waals surface area contributed by atoms with Crippen molar-refractivity contribution in [2.45, 2.75) is 0 Å². The van der Waals surface area contributed by atoms with E-state index in [1.165, 1.54) is 0 Å². The number of rotatable bonds is 0. The van der Waals surface area contributed by atoms with Gasteiger partial charge in [0.15, 0.2) is 0 Å². The first kappa shape index (κ1) is 18.6. The van der Waals surface area contributed by atoms with E-state index in [0.717, 1.165) is 0 Å². The molecule has 0 aromatic rings. The second-order valence-electron chi connectivity index (χ2n) is 0. The van der Waals surface area contributed by atoms with Crippen molar-refractivity contribution in [2.24, 2.45) is 0 Å². The molecule has 2 radical (unpaired) electrons. The van der Waals surface area contributed by atoms with Crippen LogP contribution in [0.1, 0.15) is 0 Å². The summed E-state index contributed by atoms with van der Waals surface area (Å²) >= 11 is 0.500. The minimum absolute atomic E-state index is 0. The molecule has 0 aromatic carbocycles. The summed E-state index contributed by atoms with van der Waals surface area (Å²) in [6, 6.07) is 0. The molecule has 0 aliphatic heterocycles. The minimum Gasteiger partial charge on any atom is 4.00 e. The summed E-state index contributed by atoms with van der Waals surface area (Å²) in [5, 5.41) is 0. The molecule has 0 amide bonds. The van der Waals surface area contributed by atoms with Gasteiger partial charge in [0.1, 0.15) is 0 Å². The summed E-state index contributed by atoms with van der Waals surface area (Å²) in [4.78, 5) is 0. The fourth-order valence-corrected chi connectivity index (χ4v) is 0. The van der Waals surface area contributed by atoms with E-state index < -0.39 is 0 Å². The monoisotopic (exact) mass is 201 g/mol. The molecule has 0 unspecified atom stereocenters. The van der Waals surface area contributed by atoms with Crippen LogP contribution in [0.15, 0.2) is 0 Å². The van der Waals surface area contributed by atoms with Crippen molar-refractivity contribution >= 4 is 23.0 Å². The molecule has 2 nitrogen and oxygen atoms in total. The van der Waals surface area contributed by atoms with Crippen molar-refractivity contribution in [1.82, 2.24) is 0 Å². The molecule has 0 aliphatic rings. The van der Waals surface area contributed by atoms with Gasteiger partial charge in [-0.3, -0.25) is 0 Å². The maximum absolute atomic E-state index is 8.30. The molecule has 0 spiro atoms. The molecule has 0 atom stereocenters. The molecule has 0 rings (SSSR count). The van der Waals surface area contributed by atoms with Gasteiger partial charge in [-0.2, -0.15) is 0 Å². The van der Waals surface area contributed by atoms with Gasteiger partial charge in [-0.05, 0) is 0 Å². The maximum Gasteiger partial charge on any atom is 4.00 e. The molecule has 18 valence electrons. The zero-order chi connectivity index (χ0) is 2.00. The summed E-state index contributed by atoms with van der Waals surface area (Å²) in [7, 11) is 0. The third kappa shape index (κ3) is 10.4. The van der Waals surface area contributed by atoms with Gasteiger partial charge in [-0.25, -0.2) is 0 Å². The Bertz CT molecular complexity index is 6.00. The van der Waals surface area contributed by atoms with Crippen LogP contribution in [-0.4, -0.2) is 23.0 Å². The van der Waals surface area contributed by atoms with Crippen molar-refractivity contribution in [3.8, 4) is 0 Å². The maximum atomic E-state index is 8.30. The van der Waals surface area contributed by atoms with Crippen molar-refractivity contribution in [1.29, 1.82) is 0 Å². The molecule has 0 saturated carbocycles. The molecular weight excluding hydrogens is 202 g/mol. The first-order chi connectivity index (χ1) is 1.00. The van der Waals surface area contributed by atoms with E-state index in [-0.39, 0.29) is 27.2 Å². The summed E-state index contributed by atoms with van der Waals surface area (Å²) in [6.45, 7) is 0. The Morgan fingerprint density at radius 3 is 1.25 bits per heavy atom. The van der Waals surface area contributed by atoms with Gasteiger partial charge in [0.05, 0.1) is 0 Å².